The summed E-state index contributed by atoms with van der Waals surface area (Å²) in [5.41, 5.74) is 0. The van der Waals surface area contributed by atoms with Crippen molar-refractivity contribution in [2.24, 2.45) is 0 Å². The van der Waals surface area contributed by atoms with E-state index in [2.05, 4.69) is 14.9 Å². The van der Waals surface area contributed by atoms with Crippen LogP contribution in [-0.2, 0) is 0 Å². The van der Waals surface area contributed by atoms with Crippen molar-refractivity contribution in [3.05, 3.63) is 12.4 Å². The monoisotopic (exact) mass is 239 g/mol. The van der Waals surface area contributed by atoms with Gasteiger partial charge in [-0.3, -0.25) is 0 Å². The molecule has 0 bridgehead atoms. The van der Waals surface area contributed by atoms with Crippen molar-refractivity contribution in [3.63, 3.8) is 0 Å². The van der Waals surface area contributed by atoms with Crippen molar-refractivity contribution in [1.82, 2.24) is 9.97 Å². The molecule has 0 amide bonds. The van der Waals surface area contributed by atoms with Crippen LogP contribution in [0.1, 0.15) is 19.3 Å². The molecule has 1 aliphatic rings. The standard InChI is InChI=1S/C11H17N3OS/c1-16-11-7-10(12-8-13-11)14(5-6-15)9-3-2-4-9/h7-9,15H,2-6H2,1H3. The van der Waals surface area contributed by atoms with Gasteiger partial charge in [0.1, 0.15) is 17.2 Å². The number of aromatic nitrogens is 2. The Labute approximate surface area is 100 Å². The largest absolute Gasteiger partial charge is 0.395 e. The van der Waals surface area contributed by atoms with Crippen LogP contribution in [0.25, 0.3) is 0 Å². The van der Waals surface area contributed by atoms with Crippen LogP contribution in [0.15, 0.2) is 17.4 Å². The number of thioether (sulfide) groups is 1. The van der Waals surface area contributed by atoms with Gasteiger partial charge < -0.3 is 10.0 Å². The van der Waals surface area contributed by atoms with Crippen LogP contribution >= 0.6 is 11.8 Å². The molecule has 0 spiro atoms. The number of hydrogen-bond donors (Lipinski definition) is 1. The molecule has 1 aromatic rings. The van der Waals surface area contributed by atoms with Gasteiger partial charge in [-0.25, -0.2) is 9.97 Å². The van der Waals surface area contributed by atoms with Crippen LogP contribution < -0.4 is 4.90 Å². The van der Waals surface area contributed by atoms with E-state index < -0.39 is 0 Å². The van der Waals surface area contributed by atoms with E-state index in [0.717, 1.165) is 10.8 Å². The van der Waals surface area contributed by atoms with E-state index in [9.17, 15) is 0 Å². The lowest BCUT2D eigenvalue weighted by Gasteiger charge is -2.38. The lowest BCUT2D eigenvalue weighted by Crippen LogP contribution is -2.42. The first-order valence-electron chi connectivity index (χ1n) is 5.58. The molecule has 1 heterocycles. The van der Waals surface area contributed by atoms with E-state index >= 15 is 0 Å². The van der Waals surface area contributed by atoms with Crippen LogP contribution in [-0.4, -0.2) is 40.5 Å². The van der Waals surface area contributed by atoms with Gasteiger partial charge in [0.25, 0.3) is 0 Å². The molecule has 2 rings (SSSR count). The van der Waals surface area contributed by atoms with Crippen LogP contribution in [0.3, 0.4) is 0 Å². The van der Waals surface area contributed by atoms with Gasteiger partial charge in [0, 0.05) is 18.7 Å². The summed E-state index contributed by atoms with van der Waals surface area (Å²) >= 11 is 1.62. The third-order valence-corrected chi connectivity index (χ3v) is 3.63. The quantitative estimate of drug-likeness (QED) is 0.624. The number of aliphatic hydroxyl groups excluding tert-OH is 1. The van der Waals surface area contributed by atoms with Crippen molar-refractivity contribution >= 4 is 17.6 Å². The molecule has 1 saturated carbocycles. The molecule has 0 radical (unpaired) electrons. The third-order valence-electron chi connectivity index (χ3n) is 2.99. The summed E-state index contributed by atoms with van der Waals surface area (Å²) < 4.78 is 0. The van der Waals surface area contributed by atoms with E-state index in [0.29, 0.717) is 12.6 Å². The molecule has 0 aromatic carbocycles. The number of aliphatic hydroxyl groups is 1. The highest BCUT2D eigenvalue weighted by Crippen LogP contribution is 2.29. The second-order valence-electron chi connectivity index (χ2n) is 3.92. The molecule has 4 nitrogen and oxygen atoms in total. The second-order valence-corrected chi connectivity index (χ2v) is 4.75. The SMILES string of the molecule is CSc1cc(N(CCO)C2CCC2)ncn1. The molecule has 0 atom stereocenters. The molecule has 0 aliphatic heterocycles. The van der Waals surface area contributed by atoms with E-state index in [1.807, 2.05) is 12.3 Å². The van der Waals surface area contributed by atoms with Crippen molar-refractivity contribution < 1.29 is 5.11 Å². The van der Waals surface area contributed by atoms with Gasteiger partial charge in [-0.15, -0.1) is 11.8 Å². The van der Waals surface area contributed by atoms with Gasteiger partial charge in [0.2, 0.25) is 0 Å². The number of rotatable bonds is 5. The topological polar surface area (TPSA) is 49.2 Å². The Morgan fingerprint density at radius 2 is 2.31 bits per heavy atom. The molecule has 1 fully saturated rings. The Morgan fingerprint density at radius 3 is 2.88 bits per heavy atom. The fourth-order valence-electron chi connectivity index (χ4n) is 1.89. The fourth-order valence-corrected chi connectivity index (χ4v) is 2.26. The Hall–Kier alpha value is -0.810. The minimum Gasteiger partial charge on any atom is -0.395 e. The summed E-state index contributed by atoms with van der Waals surface area (Å²) in [5, 5.41) is 10.1. The molecule has 88 valence electrons. The first kappa shape index (κ1) is 11.7. The zero-order chi connectivity index (χ0) is 11.4. The van der Waals surface area contributed by atoms with E-state index in [-0.39, 0.29) is 6.61 Å². The normalized spacial score (nSPS) is 15.9. The Morgan fingerprint density at radius 1 is 1.50 bits per heavy atom. The van der Waals surface area contributed by atoms with Crippen molar-refractivity contribution in [3.8, 4) is 0 Å². The molecule has 0 unspecified atom stereocenters. The van der Waals surface area contributed by atoms with Crippen LogP contribution in [0, 0.1) is 0 Å². The summed E-state index contributed by atoms with van der Waals surface area (Å²) in [6.07, 6.45) is 7.31. The lowest BCUT2D eigenvalue weighted by atomic mass is 9.91. The van der Waals surface area contributed by atoms with Crippen LogP contribution in [0.5, 0.6) is 0 Å². The highest BCUT2D eigenvalue weighted by atomic mass is 32.2. The van der Waals surface area contributed by atoms with Crippen molar-refractivity contribution in [2.75, 3.05) is 24.3 Å². The summed E-state index contributed by atoms with van der Waals surface area (Å²) in [6.45, 7) is 0.838. The molecule has 16 heavy (non-hydrogen) atoms. The molecule has 1 N–H and O–H groups in total. The maximum atomic E-state index is 9.10. The Balaban J connectivity index is 2.16. The smallest absolute Gasteiger partial charge is 0.133 e. The average molecular weight is 239 g/mol. The van der Waals surface area contributed by atoms with Gasteiger partial charge in [0.05, 0.1) is 6.61 Å². The first-order valence-corrected chi connectivity index (χ1v) is 6.81. The van der Waals surface area contributed by atoms with E-state index in [1.165, 1.54) is 19.3 Å². The molecule has 1 aromatic heterocycles. The highest BCUT2D eigenvalue weighted by molar-refractivity contribution is 7.98. The van der Waals surface area contributed by atoms with Crippen molar-refractivity contribution in [1.29, 1.82) is 0 Å². The minimum atomic E-state index is 0.176. The minimum absolute atomic E-state index is 0.176. The van der Waals surface area contributed by atoms with Crippen LogP contribution in [0.4, 0.5) is 5.82 Å². The summed E-state index contributed by atoms with van der Waals surface area (Å²) in [4.78, 5) is 10.7. The maximum Gasteiger partial charge on any atom is 0.133 e. The first-order chi connectivity index (χ1) is 7.85. The fraction of sp³-hybridized carbons (Fsp3) is 0.636. The van der Waals surface area contributed by atoms with Crippen LogP contribution in [0.2, 0.25) is 0 Å². The zero-order valence-corrected chi connectivity index (χ0v) is 10.3. The van der Waals surface area contributed by atoms with E-state index in [4.69, 9.17) is 5.11 Å². The van der Waals surface area contributed by atoms with Gasteiger partial charge in [-0.1, -0.05) is 0 Å². The average Bonchev–Trinajstić information content (AvgIpc) is 2.26. The summed E-state index contributed by atoms with van der Waals surface area (Å²) in [5.74, 6) is 0.943. The molecule has 1 aliphatic carbocycles. The summed E-state index contributed by atoms with van der Waals surface area (Å²) in [6, 6.07) is 2.55. The maximum absolute atomic E-state index is 9.10. The second kappa shape index (κ2) is 5.50. The molecule has 0 saturated heterocycles. The summed E-state index contributed by atoms with van der Waals surface area (Å²) in [7, 11) is 0. The predicted octanol–water partition coefficient (Wildman–Crippen LogP) is 1.55. The molecular weight excluding hydrogens is 222 g/mol. The zero-order valence-electron chi connectivity index (χ0n) is 9.46. The van der Waals surface area contributed by atoms with Crippen molar-refractivity contribution in [2.45, 2.75) is 30.3 Å². The lowest BCUT2D eigenvalue weighted by molar-refractivity contribution is 0.283. The van der Waals surface area contributed by atoms with Gasteiger partial charge >= 0.3 is 0 Å². The van der Waals surface area contributed by atoms with Gasteiger partial charge in [0.15, 0.2) is 0 Å². The van der Waals surface area contributed by atoms with Gasteiger partial charge in [-0.05, 0) is 25.5 Å². The number of anilines is 1. The molecular formula is C11H17N3OS. The number of hydrogen-bond acceptors (Lipinski definition) is 5. The third kappa shape index (κ3) is 2.47. The Bertz CT molecular complexity index is 344. The number of nitrogens with zero attached hydrogens (tertiary/aromatic N) is 3. The highest BCUT2D eigenvalue weighted by Gasteiger charge is 2.25. The Kier molecular flexibility index (Phi) is 4.01. The van der Waals surface area contributed by atoms with E-state index in [1.54, 1.807) is 18.1 Å². The van der Waals surface area contributed by atoms with Gasteiger partial charge in [-0.2, -0.15) is 0 Å². The predicted molar refractivity (Wildman–Crippen MR) is 65.9 cm³/mol. The molecule has 5 heteroatoms.